The number of hydrogen-bond acceptors (Lipinski definition) is 5. The first-order valence-corrected chi connectivity index (χ1v) is 10.1. The number of benzene rings is 1. The van der Waals surface area contributed by atoms with Gasteiger partial charge in [-0.05, 0) is 23.4 Å². The maximum atomic E-state index is 12.3. The standard InChI is InChI=1S/C18H20N4OS2/c1-2-7-14(13-8-4-3-5-9-13)19-16(23)12-25-18-20-17(21-22-18)15-10-6-11-24-15/h3-6,8-11,14H,2,7,12H2,1H3,(H,19,23)(H,20,21,22)/t14-/m1/s1. The summed E-state index contributed by atoms with van der Waals surface area (Å²) in [6.07, 6.45) is 1.93. The molecule has 0 aliphatic rings. The van der Waals surface area contributed by atoms with Crippen LogP contribution in [-0.2, 0) is 4.79 Å². The summed E-state index contributed by atoms with van der Waals surface area (Å²) in [5.41, 5.74) is 1.14. The maximum Gasteiger partial charge on any atom is 0.230 e. The Morgan fingerprint density at radius 2 is 2.12 bits per heavy atom. The molecule has 0 saturated carbocycles. The highest BCUT2D eigenvalue weighted by molar-refractivity contribution is 7.99. The Bertz CT molecular complexity index is 787. The molecule has 0 aliphatic heterocycles. The zero-order chi connectivity index (χ0) is 17.5. The Hall–Kier alpha value is -2.12. The smallest absolute Gasteiger partial charge is 0.230 e. The minimum atomic E-state index is -0.00484. The summed E-state index contributed by atoms with van der Waals surface area (Å²) >= 11 is 2.94. The summed E-state index contributed by atoms with van der Waals surface area (Å²) < 4.78 is 0. The van der Waals surface area contributed by atoms with E-state index >= 15 is 0 Å². The zero-order valence-corrected chi connectivity index (χ0v) is 15.6. The van der Waals surface area contributed by atoms with Gasteiger partial charge in [0.05, 0.1) is 16.7 Å². The van der Waals surface area contributed by atoms with Crippen molar-refractivity contribution in [1.29, 1.82) is 0 Å². The fourth-order valence-electron chi connectivity index (χ4n) is 2.50. The van der Waals surface area contributed by atoms with E-state index in [0.717, 1.165) is 29.1 Å². The molecule has 0 saturated heterocycles. The summed E-state index contributed by atoms with van der Waals surface area (Å²) in [7, 11) is 0. The highest BCUT2D eigenvalue weighted by atomic mass is 32.2. The Labute approximate surface area is 155 Å². The van der Waals surface area contributed by atoms with Gasteiger partial charge in [-0.25, -0.2) is 4.98 Å². The van der Waals surface area contributed by atoms with Crippen LogP contribution in [0.3, 0.4) is 0 Å². The van der Waals surface area contributed by atoms with E-state index in [1.54, 1.807) is 11.3 Å². The lowest BCUT2D eigenvalue weighted by molar-refractivity contribution is -0.119. The van der Waals surface area contributed by atoms with E-state index in [9.17, 15) is 4.79 Å². The molecule has 0 unspecified atom stereocenters. The van der Waals surface area contributed by atoms with Gasteiger partial charge in [-0.1, -0.05) is 61.5 Å². The van der Waals surface area contributed by atoms with Crippen LogP contribution in [0.5, 0.6) is 0 Å². The lowest BCUT2D eigenvalue weighted by atomic mass is 10.0. The van der Waals surface area contributed by atoms with Crippen molar-refractivity contribution in [2.24, 2.45) is 0 Å². The number of carbonyl (C=O) groups excluding carboxylic acids is 1. The summed E-state index contributed by atoms with van der Waals surface area (Å²) in [6.45, 7) is 2.12. The monoisotopic (exact) mass is 372 g/mol. The van der Waals surface area contributed by atoms with Gasteiger partial charge >= 0.3 is 0 Å². The van der Waals surface area contributed by atoms with Crippen LogP contribution in [0.1, 0.15) is 31.4 Å². The number of carbonyl (C=O) groups is 1. The van der Waals surface area contributed by atoms with Crippen molar-refractivity contribution in [2.45, 2.75) is 31.0 Å². The predicted molar refractivity (Wildman–Crippen MR) is 103 cm³/mol. The van der Waals surface area contributed by atoms with E-state index in [1.165, 1.54) is 11.8 Å². The average Bonchev–Trinajstić information content (AvgIpc) is 3.32. The van der Waals surface area contributed by atoms with Gasteiger partial charge in [0.2, 0.25) is 11.1 Å². The molecule has 7 heteroatoms. The molecule has 0 radical (unpaired) electrons. The number of rotatable bonds is 8. The van der Waals surface area contributed by atoms with Gasteiger partial charge in [-0.3, -0.25) is 9.89 Å². The van der Waals surface area contributed by atoms with Gasteiger partial charge in [0, 0.05) is 0 Å². The largest absolute Gasteiger partial charge is 0.349 e. The van der Waals surface area contributed by atoms with Crippen LogP contribution in [0, 0.1) is 0 Å². The van der Waals surface area contributed by atoms with Crippen LogP contribution >= 0.6 is 23.1 Å². The lowest BCUT2D eigenvalue weighted by Gasteiger charge is -2.18. The van der Waals surface area contributed by atoms with E-state index in [-0.39, 0.29) is 11.9 Å². The van der Waals surface area contributed by atoms with Gasteiger partial charge in [0.25, 0.3) is 0 Å². The number of amides is 1. The second-order valence-corrected chi connectivity index (χ2v) is 7.44. The highest BCUT2D eigenvalue weighted by Crippen LogP contribution is 2.23. The molecule has 1 atom stereocenters. The minimum absolute atomic E-state index is 0.00484. The first-order chi connectivity index (χ1) is 12.3. The Kier molecular flexibility index (Phi) is 6.25. The topological polar surface area (TPSA) is 70.7 Å². The summed E-state index contributed by atoms with van der Waals surface area (Å²) in [4.78, 5) is 17.8. The van der Waals surface area contributed by atoms with Gasteiger partial charge in [0.15, 0.2) is 5.82 Å². The fraction of sp³-hybridized carbons (Fsp3) is 0.278. The molecule has 0 spiro atoms. The third-order valence-corrected chi connectivity index (χ3v) is 5.39. The quantitative estimate of drug-likeness (QED) is 0.579. The van der Waals surface area contributed by atoms with Crippen LogP contribution in [0.15, 0.2) is 53.0 Å². The lowest BCUT2D eigenvalue weighted by Crippen LogP contribution is -2.29. The number of nitrogens with zero attached hydrogens (tertiary/aromatic N) is 2. The van der Waals surface area contributed by atoms with E-state index < -0.39 is 0 Å². The van der Waals surface area contributed by atoms with Crippen LogP contribution < -0.4 is 5.32 Å². The van der Waals surface area contributed by atoms with Crippen LogP contribution in [0.25, 0.3) is 10.7 Å². The number of aromatic nitrogens is 3. The molecular weight excluding hydrogens is 352 g/mol. The molecule has 0 bridgehead atoms. The Balaban J connectivity index is 1.55. The molecule has 3 rings (SSSR count). The molecule has 5 nitrogen and oxygen atoms in total. The van der Waals surface area contributed by atoms with Gasteiger partial charge < -0.3 is 5.32 Å². The number of thioether (sulfide) groups is 1. The predicted octanol–water partition coefficient (Wildman–Crippen LogP) is 4.28. The molecule has 25 heavy (non-hydrogen) atoms. The van der Waals surface area contributed by atoms with Crippen molar-refractivity contribution in [3.63, 3.8) is 0 Å². The van der Waals surface area contributed by atoms with E-state index in [4.69, 9.17) is 0 Å². The van der Waals surface area contributed by atoms with E-state index in [1.807, 2.05) is 35.7 Å². The van der Waals surface area contributed by atoms with Crippen molar-refractivity contribution in [1.82, 2.24) is 20.5 Å². The second kappa shape index (κ2) is 8.82. The highest BCUT2D eigenvalue weighted by Gasteiger charge is 2.15. The number of hydrogen-bond donors (Lipinski definition) is 2. The number of nitrogens with one attached hydrogen (secondary N) is 2. The van der Waals surface area contributed by atoms with E-state index in [2.05, 4.69) is 39.6 Å². The summed E-state index contributed by atoms with van der Waals surface area (Å²) in [5.74, 6) is 1.04. The Morgan fingerprint density at radius 1 is 1.28 bits per heavy atom. The van der Waals surface area contributed by atoms with E-state index in [0.29, 0.717) is 10.9 Å². The van der Waals surface area contributed by atoms with Crippen LogP contribution in [-0.4, -0.2) is 26.8 Å². The van der Waals surface area contributed by atoms with Gasteiger partial charge in [-0.2, -0.15) is 0 Å². The third kappa shape index (κ3) is 4.93. The maximum absolute atomic E-state index is 12.3. The Morgan fingerprint density at radius 3 is 2.84 bits per heavy atom. The minimum Gasteiger partial charge on any atom is -0.349 e. The SMILES string of the molecule is CCC[C@@H](NC(=O)CSc1n[nH]c(-c2cccs2)n1)c1ccccc1. The summed E-state index contributed by atoms with van der Waals surface area (Å²) in [5, 5.41) is 12.8. The molecule has 3 aromatic rings. The number of aromatic amines is 1. The molecule has 1 amide bonds. The van der Waals surface area contributed by atoms with Crippen molar-refractivity contribution in [3.05, 3.63) is 53.4 Å². The van der Waals surface area contributed by atoms with Gasteiger partial charge in [-0.15, -0.1) is 16.4 Å². The van der Waals surface area contributed by atoms with Crippen molar-refractivity contribution < 1.29 is 4.79 Å². The molecule has 2 N–H and O–H groups in total. The van der Waals surface area contributed by atoms with Crippen LogP contribution in [0.2, 0.25) is 0 Å². The normalized spacial score (nSPS) is 12.0. The third-order valence-electron chi connectivity index (χ3n) is 3.67. The molecule has 0 aliphatic carbocycles. The first-order valence-electron chi connectivity index (χ1n) is 8.19. The van der Waals surface area contributed by atoms with Gasteiger partial charge in [0.1, 0.15) is 0 Å². The molecular formula is C18H20N4OS2. The van der Waals surface area contributed by atoms with Crippen molar-refractivity contribution in [3.8, 4) is 10.7 Å². The first kappa shape index (κ1) is 17.7. The number of thiophene rings is 1. The zero-order valence-electron chi connectivity index (χ0n) is 13.9. The average molecular weight is 373 g/mol. The van der Waals surface area contributed by atoms with Crippen molar-refractivity contribution in [2.75, 3.05) is 5.75 Å². The second-order valence-electron chi connectivity index (χ2n) is 5.55. The number of H-pyrrole nitrogens is 1. The van der Waals surface area contributed by atoms with Crippen molar-refractivity contribution >= 4 is 29.0 Å². The van der Waals surface area contributed by atoms with Crippen LogP contribution in [0.4, 0.5) is 0 Å². The molecule has 2 heterocycles. The molecule has 0 fully saturated rings. The summed E-state index contributed by atoms with van der Waals surface area (Å²) in [6, 6.07) is 14.1. The fourth-order valence-corrected chi connectivity index (χ4v) is 3.77. The molecule has 2 aromatic heterocycles. The molecule has 130 valence electrons. The molecule has 1 aromatic carbocycles.